The van der Waals surface area contributed by atoms with E-state index in [0.717, 1.165) is 40.8 Å². The van der Waals surface area contributed by atoms with E-state index in [4.69, 9.17) is 4.74 Å². The Hall–Kier alpha value is -1.68. The van der Waals surface area contributed by atoms with Gasteiger partial charge in [-0.1, -0.05) is 0 Å². The van der Waals surface area contributed by atoms with Gasteiger partial charge in [-0.15, -0.1) is 0 Å². The van der Waals surface area contributed by atoms with Crippen LogP contribution in [0.1, 0.15) is 23.7 Å². The van der Waals surface area contributed by atoms with E-state index in [1.165, 1.54) is 6.07 Å². The molecule has 0 aliphatic carbocycles. The Bertz CT molecular complexity index is 640. The van der Waals surface area contributed by atoms with E-state index in [1.807, 2.05) is 0 Å². The predicted octanol–water partition coefficient (Wildman–Crippen LogP) is 3.19. The number of ether oxygens (including phenoxy) is 1. The van der Waals surface area contributed by atoms with E-state index in [1.54, 1.807) is 13.0 Å². The molecule has 2 heterocycles. The van der Waals surface area contributed by atoms with Crippen molar-refractivity contribution in [1.29, 1.82) is 0 Å². The number of rotatable bonds is 2. The molecule has 0 unspecified atom stereocenters. The van der Waals surface area contributed by atoms with Crippen LogP contribution in [0.2, 0.25) is 0 Å². The highest BCUT2D eigenvalue weighted by Crippen LogP contribution is 2.33. The molecule has 1 aliphatic heterocycles. The van der Waals surface area contributed by atoms with Crippen LogP contribution < -0.4 is 5.32 Å². The Morgan fingerprint density at radius 2 is 2.26 bits per heavy atom. The average Bonchev–Trinajstić information content (AvgIpc) is 2.43. The fraction of sp³-hybridized carbons (Fsp3) is 0.400. The second-order valence-corrected chi connectivity index (χ2v) is 4.81. The second-order valence-electron chi connectivity index (χ2n) is 4.81. The zero-order valence-corrected chi connectivity index (χ0v) is 11.2. The highest BCUT2D eigenvalue weighted by Gasteiger charge is 2.19. The van der Waals surface area contributed by atoms with Gasteiger partial charge in [-0.25, -0.2) is 4.39 Å². The number of hydrogen-bond donors (Lipinski definition) is 1. The van der Waals surface area contributed by atoms with Crippen molar-refractivity contribution in [3.05, 3.63) is 34.8 Å². The number of hydrogen-bond acceptors (Lipinski definition) is 3. The minimum atomic E-state index is -0.200. The number of nitrogens with one attached hydrogen (secondary N) is 1. The number of halogens is 1. The van der Waals surface area contributed by atoms with Crippen molar-refractivity contribution in [2.45, 2.75) is 26.9 Å². The number of aromatic nitrogens is 1. The Morgan fingerprint density at radius 3 is 3.05 bits per heavy atom. The van der Waals surface area contributed by atoms with Crippen molar-refractivity contribution in [1.82, 2.24) is 4.98 Å². The first kappa shape index (κ1) is 12.4. The maximum atomic E-state index is 13.7. The van der Waals surface area contributed by atoms with Crippen LogP contribution in [0.25, 0.3) is 10.9 Å². The summed E-state index contributed by atoms with van der Waals surface area (Å²) in [5.74, 6) is -0.200. The van der Waals surface area contributed by atoms with Gasteiger partial charge in [0.1, 0.15) is 5.82 Å². The molecule has 0 saturated carbocycles. The lowest BCUT2D eigenvalue weighted by molar-refractivity contribution is 0.110. The first-order valence-electron chi connectivity index (χ1n) is 6.64. The molecule has 0 amide bonds. The summed E-state index contributed by atoms with van der Waals surface area (Å²) in [4.78, 5) is 4.66. The van der Waals surface area contributed by atoms with Crippen molar-refractivity contribution in [3.63, 3.8) is 0 Å². The summed E-state index contributed by atoms with van der Waals surface area (Å²) < 4.78 is 19.2. The lowest BCUT2D eigenvalue weighted by Crippen LogP contribution is -2.15. The minimum Gasteiger partial charge on any atom is -0.384 e. The Labute approximate surface area is 111 Å². The van der Waals surface area contributed by atoms with E-state index in [9.17, 15) is 4.39 Å². The van der Waals surface area contributed by atoms with Gasteiger partial charge in [0.25, 0.3) is 0 Å². The molecule has 1 aliphatic rings. The zero-order chi connectivity index (χ0) is 13.4. The summed E-state index contributed by atoms with van der Waals surface area (Å²) in [5.41, 5.74) is 4.57. The lowest BCUT2D eigenvalue weighted by Gasteiger charge is -2.22. The standard InChI is InChI=1S/C15H17FN2O/c1-3-17-15-10-4-5-12(16)9(2)14(10)18-13-6-7-19-8-11(13)15/h4-5H,3,6-8H2,1-2H3,(H,17,18). The van der Waals surface area contributed by atoms with Crippen LogP contribution >= 0.6 is 0 Å². The van der Waals surface area contributed by atoms with Gasteiger partial charge in [-0.2, -0.15) is 0 Å². The third-order valence-electron chi connectivity index (χ3n) is 3.61. The Morgan fingerprint density at radius 1 is 1.42 bits per heavy atom. The molecule has 0 saturated heterocycles. The maximum Gasteiger partial charge on any atom is 0.128 e. The van der Waals surface area contributed by atoms with Crippen molar-refractivity contribution < 1.29 is 9.13 Å². The molecular weight excluding hydrogens is 243 g/mol. The van der Waals surface area contributed by atoms with E-state index in [-0.39, 0.29) is 5.82 Å². The van der Waals surface area contributed by atoms with Crippen LogP contribution in [-0.4, -0.2) is 18.1 Å². The summed E-state index contributed by atoms with van der Waals surface area (Å²) >= 11 is 0. The molecule has 1 aromatic heterocycles. The molecule has 0 radical (unpaired) electrons. The number of pyridine rings is 1. The predicted molar refractivity (Wildman–Crippen MR) is 74.0 cm³/mol. The number of nitrogens with zero attached hydrogens (tertiary/aromatic N) is 1. The van der Waals surface area contributed by atoms with Crippen molar-refractivity contribution in [3.8, 4) is 0 Å². The number of anilines is 1. The molecule has 4 heteroatoms. The van der Waals surface area contributed by atoms with Gasteiger partial charge in [-0.3, -0.25) is 4.98 Å². The fourth-order valence-corrected chi connectivity index (χ4v) is 2.61. The molecular formula is C15H17FN2O. The molecule has 19 heavy (non-hydrogen) atoms. The first-order valence-corrected chi connectivity index (χ1v) is 6.64. The van der Waals surface area contributed by atoms with Gasteiger partial charge in [0.2, 0.25) is 0 Å². The van der Waals surface area contributed by atoms with E-state index < -0.39 is 0 Å². The second kappa shape index (κ2) is 4.78. The summed E-state index contributed by atoms with van der Waals surface area (Å²) in [6.07, 6.45) is 0.791. The molecule has 0 fully saturated rings. The third-order valence-corrected chi connectivity index (χ3v) is 3.61. The number of benzene rings is 1. The summed E-state index contributed by atoms with van der Waals surface area (Å²) in [5, 5.41) is 4.36. The SMILES string of the molecule is CCNc1c2c(nc3c(C)c(F)ccc13)CCOC2. The molecule has 3 nitrogen and oxygen atoms in total. The normalized spacial score (nSPS) is 14.5. The number of fused-ring (bicyclic) bond motifs is 2. The Kier molecular flexibility index (Phi) is 3.11. The van der Waals surface area contributed by atoms with Crippen molar-refractivity contribution >= 4 is 16.6 Å². The van der Waals surface area contributed by atoms with Crippen LogP contribution in [0.4, 0.5) is 10.1 Å². The van der Waals surface area contributed by atoms with E-state index >= 15 is 0 Å². The van der Waals surface area contributed by atoms with E-state index in [2.05, 4.69) is 17.2 Å². The molecule has 1 N–H and O–H groups in total. The summed E-state index contributed by atoms with van der Waals surface area (Å²) in [6, 6.07) is 3.31. The van der Waals surface area contributed by atoms with E-state index in [0.29, 0.717) is 18.8 Å². The summed E-state index contributed by atoms with van der Waals surface area (Å²) in [6.45, 7) is 5.93. The zero-order valence-electron chi connectivity index (χ0n) is 11.2. The molecule has 1 aromatic carbocycles. The molecule has 0 bridgehead atoms. The average molecular weight is 260 g/mol. The van der Waals surface area contributed by atoms with Crippen molar-refractivity contribution in [2.75, 3.05) is 18.5 Å². The molecule has 0 spiro atoms. The number of aryl methyl sites for hydroxylation is 1. The van der Waals surface area contributed by atoms with Gasteiger partial charge in [-0.05, 0) is 26.0 Å². The van der Waals surface area contributed by atoms with Gasteiger partial charge in [0.05, 0.1) is 30.1 Å². The summed E-state index contributed by atoms with van der Waals surface area (Å²) in [7, 11) is 0. The topological polar surface area (TPSA) is 34.2 Å². The maximum absolute atomic E-state index is 13.7. The quantitative estimate of drug-likeness (QED) is 0.900. The van der Waals surface area contributed by atoms with Crippen molar-refractivity contribution in [2.24, 2.45) is 0 Å². The van der Waals surface area contributed by atoms with Crippen LogP contribution in [0.5, 0.6) is 0 Å². The van der Waals surface area contributed by atoms with Crippen LogP contribution in [0.15, 0.2) is 12.1 Å². The minimum absolute atomic E-state index is 0.200. The largest absolute Gasteiger partial charge is 0.384 e. The molecule has 0 atom stereocenters. The smallest absolute Gasteiger partial charge is 0.128 e. The molecule has 2 aromatic rings. The molecule has 3 rings (SSSR count). The van der Waals surface area contributed by atoms with Gasteiger partial charge in [0.15, 0.2) is 0 Å². The van der Waals surface area contributed by atoms with Crippen LogP contribution in [0.3, 0.4) is 0 Å². The lowest BCUT2D eigenvalue weighted by atomic mass is 10.0. The monoisotopic (exact) mass is 260 g/mol. The molecule has 100 valence electrons. The first-order chi connectivity index (χ1) is 9.22. The van der Waals surface area contributed by atoms with Crippen LogP contribution in [-0.2, 0) is 17.8 Å². The highest BCUT2D eigenvalue weighted by atomic mass is 19.1. The highest BCUT2D eigenvalue weighted by molar-refractivity contribution is 5.95. The van der Waals surface area contributed by atoms with Gasteiger partial charge < -0.3 is 10.1 Å². The fourth-order valence-electron chi connectivity index (χ4n) is 2.61. The van der Waals surface area contributed by atoms with Crippen LogP contribution in [0, 0.1) is 12.7 Å². The van der Waals surface area contributed by atoms with Gasteiger partial charge in [0, 0.05) is 29.5 Å². The Balaban J connectivity index is 2.35. The van der Waals surface area contributed by atoms with Gasteiger partial charge >= 0.3 is 0 Å². The third kappa shape index (κ3) is 1.96.